The summed E-state index contributed by atoms with van der Waals surface area (Å²) < 4.78 is 0. The molecule has 0 amide bonds. The summed E-state index contributed by atoms with van der Waals surface area (Å²) in [4.78, 5) is 5.02. The van der Waals surface area contributed by atoms with Crippen molar-refractivity contribution in [3.63, 3.8) is 0 Å². The van der Waals surface area contributed by atoms with Gasteiger partial charge in [-0.25, -0.2) is 0 Å². The second kappa shape index (κ2) is 5.32. The normalized spacial score (nSPS) is 36.8. The summed E-state index contributed by atoms with van der Waals surface area (Å²) in [6.45, 7) is 4.75. The quantitative estimate of drug-likeness (QED) is 0.779. The van der Waals surface area contributed by atoms with Crippen LogP contribution in [0.15, 0.2) is 0 Å². The Morgan fingerprint density at radius 2 is 2.00 bits per heavy atom. The first kappa shape index (κ1) is 13.8. The summed E-state index contributed by atoms with van der Waals surface area (Å²) in [5, 5.41) is 10.7. The summed E-state index contributed by atoms with van der Waals surface area (Å²) in [6.07, 6.45) is 6.27. The van der Waals surface area contributed by atoms with Crippen LogP contribution in [0.25, 0.3) is 0 Å². The largest absolute Gasteiger partial charge is 0.387 e. The molecule has 0 radical (unpaired) electrons. The van der Waals surface area contributed by atoms with E-state index in [0.29, 0.717) is 12.5 Å². The van der Waals surface area contributed by atoms with Crippen LogP contribution in [0.3, 0.4) is 0 Å². The van der Waals surface area contributed by atoms with Crippen LogP contribution in [-0.4, -0.2) is 66.3 Å². The lowest BCUT2D eigenvalue weighted by Crippen LogP contribution is -2.57. The number of β-amino-alcohol motifs (C(OH)–C–C–N with tert-alkyl or cyclic N) is 1. The molecule has 2 heterocycles. The lowest BCUT2D eigenvalue weighted by molar-refractivity contribution is -0.0361. The lowest BCUT2D eigenvalue weighted by atomic mass is 9.83. The minimum absolute atomic E-state index is 0.419. The van der Waals surface area contributed by atoms with E-state index >= 15 is 0 Å². The molecule has 1 aliphatic carbocycles. The Morgan fingerprint density at radius 1 is 1.21 bits per heavy atom. The highest BCUT2D eigenvalue weighted by atomic mass is 16.3. The van der Waals surface area contributed by atoms with E-state index in [4.69, 9.17) is 5.73 Å². The Balaban J connectivity index is 1.58. The van der Waals surface area contributed by atoms with E-state index in [9.17, 15) is 5.11 Å². The molecule has 19 heavy (non-hydrogen) atoms. The van der Waals surface area contributed by atoms with E-state index in [2.05, 4.69) is 16.8 Å². The molecule has 3 N–H and O–H groups in total. The SMILES string of the molecule is CN1CCCC2CN(CC(O)(CN)C3CC3)CCC21. The standard InChI is InChI=1S/C15H29N3O/c1-17-7-2-3-12-9-18(8-6-14(12)17)11-15(19,10-16)13-4-5-13/h12-14,19H,2-11,16H2,1H3. The van der Waals surface area contributed by atoms with E-state index in [1.807, 2.05) is 0 Å². The van der Waals surface area contributed by atoms with Crippen molar-refractivity contribution >= 4 is 0 Å². The monoisotopic (exact) mass is 267 g/mol. The summed E-state index contributed by atoms with van der Waals surface area (Å²) in [5.74, 6) is 1.26. The second-order valence-corrected chi connectivity index (χ2v) is 7.06. The second-order valence-electron chi connectivity index (χ2n) is 7.06. The van der Waals surface area contributed by atoms with E-state index in [1.165, 1.54) is 25.8 Å². The average molecular weight is 267 g/mol. The van der Waals surface area contributed by atoms with Gasteiger partial charge in [0.15, 0.2) is 0 Å². The Labute approximate surface area is 116 Å². The zero-order valence-electron chi connectivity index (χ0n) is 12.2. The zero-order valence-corrected chi connectivity index (χ0v) is 12.2. The first-order valence-corrected chi connectivity index (χ1v) is 7.97. The topological polar surface area (TPSA) is 52.7 Å². The maximum absolute atomic E-state index is 10.7. The van der Waals surface area contributed by atoms with Crippen LogP contribution >= 0.6 is 0 Å². The third kappa shape index (κ3) is 2.82. The van der Waals surface area contributed by atoms with Crippen molar-refractivity contribution in [3.8, 4) is 0 Å². The van der Waals surface area contributed by atoms with Crippen LogP contribution in [0.2, 0.25) is 0 Å². The molecule has 0 aromatic carbocycles. The van der Waals surface area contributed by atoms with Gasteiger partial charge in [-0.15, -0.1) is 0 Å². The fourth-order valence-corrected chi connectivity index (χ4v) is 4.24. The maximum Gasteiger partial charge on any atom is 0.0923 e. The van der Waals surface area contributed by atoms with Crippen LogP contribution in [0.5, 0.6) is 0 Å². The van der Waals surface area contributed by atoms with Gasteiger partial charge in [-0.2, -0.15) is 0 Å². The molecule has 3 atom stereocenters. The molecule has 1 saturated carbocycles. The molecule has 4 heteroatoms. The van der Waals surface area contributed by atoms with Crippen LogP contribution in [-0.2, 0) is 0 Å². The van der Waals surface area contributed by atoms with Gasteiger partial charge in [0, 0.05) is 25.7 Å². The minimum atomic E-state index is -0.618. The van der Waals surface area contributed by atoms with Crippen LogP contribution in [0, 0.1) is 11.8 Å². The van der Waals surface area contributed by atoms with Crippen molar-refractivity contribution in [1.29, 1.82) is 0 Å². The molecule has 0 bridgehead atoms. The predicted octanol–water partition coefficient (Wildman–Crippen LogP) is 0.502. The van der Waals surface area contributed by atoms with Crippen molar-refractivity contribution in [3.05, 3.63) is 0 Å². The minimum Gasteiger partial charge on any atom is -0.387 e. The summed E-state index contributed by atoms with van der Waals surface area (Å²) >= 11 is 0. The molecule has 3 rings (SSSR count). The number of fused-ring (bicyclic) bond motifs is 1. The van der Waals surface area contributed by atoms with Gasteiger partial charge in [-0.3, -0.25) is 0 Å². The number of hydrogen-bond acceptors (Lipinski definition) is 4. The van der Waals surface area contributed by atoms with E-state index in [0.717, 1.165) is 44.4 Å². The van der Waals surface area contributed by atoms with Gasteiger partial charge in [-0.05, 0) is 64.1 Å². The van der Waals surface area contributed by atoms with E-state index < -0.39 is 5.60 Å². The fourth-order valence-electron chi connectivity index (χ4n) is 4.24. The van der Waals surface area contributed by atoms with Gasteiger partial charge < -0.3 is 20.6 Å². The molecule has 3 unspecified atom stereocenters. The highest BCUT2D eigenvalue weighted by Crippen LogP contribution is 2.40. The molecule has 3 aliphatic rings. The summed E-state index contributed by atoms with van der Waals surface area (Å²) in [5.41, 5.74) is 5.22. The number of aliphatic hydroxyl groups is 1. The highest BCUT2D eigenvalue weighted by molar-refractivity contribution is 4.99. The van der Waals surface area contributed by atoms with Crippen molar-refractivity contribution < 1.29 is 5.11 Å². The first-order chi connectivity index (χ1) is 9.12. The van der Waals surface area contributed by atoms with Crippen molar-refractivity contribution in [2.24, 2.45) is 17.6 Å². The first-order valence-electron chi connectivity index (χ1n) is 7.97. The molecule has 4 nitrogen and oxygen atoms in total. The third-order valence-corrected chi connectivity index (χ3v) is 5.62. The van der Waals surface area contributed by atoms with Gasteiger partial charge >= 0.3 is 0 Å². The molecule has 0 spiro atoms. The predicted molar refractivity (Wildman–Crippen MR) is 76.9 cm³/mol. The van der Waals surface area contributed by atoms with Crippen molar-refractivity contribution in [2.75, 3.05) is 39.8 Å². The summed E-state index contributed by atoms with van der Waals surface area (Å²) in [6, 6.07) is 0.775. The van der Waals surface area contributed by atoms with Crippen LogP contribution in [0.4, 0.5) is 0 Å². The molecule has 0 aromatic heterocycles. The van der Waals surface area contributed by atoms with Gasteiger partial charge in [0.2, 0.25) is 0 Å². The highest BCUT2D eigenvalue weighted by Gasteiger charge is 2.45. The van der Waals surface area contributed by atoms with Gasteiger partial charge in [0.05, 0.1) is 5.60 Å². The van der Waals surface area contributed by atoms with Crippen LogP contribution < -0.4 is 5.73 Å². The van der Waals surface area contributed by atoms with Crippen molar-refractivity contribution in [2.45, 2.75) is 43.7 Å². The third-order valence-electron chi connectivity index (χ3n) is 5.62. The molecule has 3 fully saturated rings. The Kier molecular flexibility index (Phi) is 3.87. The molecular weight excluding hydrogens is 238 g/mol. The number of piperidine rings is 2. The van der Waals surface area contributed by atoms with Crippen molar-refractivity contribution in [1.82, 2.24) is 9.80 Å². The van der Waals surface area contributed by atoms with Gasteiger partial charge in [0.25, 0.3) is 0 Å². The smallest absolute Gasteiger partial charge is 0.0923 e. The van der Waals surface area contributed by atoms with E-state index in [1.54, 1.807) is 0 Å². The van der Waals surface area contributed by atoms with Crippen LogP contribution in [0.1, 0.15) is 32.1 Å². The molecule has 110 valence electrons. The average Bonchev–Trinajstić information content (AvgIpc) is 3.23. The maximum atomic E-state index is 10.7. The Hall–Kier alpha value is -0.160. The lowest BCUT2D eigenvalue weighted by Gasteiger charge is -2.47. The number of nitrogens with zero attached hydrogens (tertiary/aromatic N) is 2. The van der Waals surface area contributed by atoms with Gasteiger partial charge in [-0.1, -0.05) is 0 Å². The van der Waals surface area contributed by atoms with E-state index in [-0.39, 0.29) is 0 Å². The molecule has 0 aromatic rings. The Morgan fingerprint density at radius 3 is 2.68 bits per heavy atom. The zero-order chi connectivity index (χ0) is 13.5. The Bertz CT molecular complexity index is 321. The molecular formula is C15H29N3O. The number of hydrogen-bond donors (Lipinski definition) is 2. The summed E-state index contributed by atoms with van der Waals surface area (Å²) in [7, 11) is 2.27. The molecule has 2 aliphatic heterocycles. The molecule has 2 saturated heterocycles. The number of rotatable bonds is 4. The number of likely N-dealkylation sites (tertiary alicyclic amines) is 2. The number of nitrogens with two attached hydrogens (primary N) is 1. The van der Waals surface area contributed by atoms with Gasteiger partial charge in [0.1, 0.15) is 0 Å². The fraction of sp³-hybridized carbons (Fsp3) is 1.00.